The zero-order valence-electron chi connectivity index (χ0n) is 10.8. The quantitative estimate of drug-likeness (QED) is 0.786. The lowest BCUT2D eigenvalue weighted by Gasteiger charge is -2.27. The van der Waals surface area contributed by atoms with Crippen LogP contribution in [-0.4, -0.2) is 38.8 Å². The SMILES string of the molecule is CCCN(CCC)C(C(=O)O)c1cnn(C)c1. The van der Waals surface area contributed by atoms with Crippen LogP contribution in [0.3, 0.4) is 0 Å². The van der Waals surface area contributed by atoms with Gasteiger partial charge in [-0.25, -0.2) is 0 Å². The first-order chi connectivity index (χ1) is 8.10. The van der Waals surface area contributed by atoms with Crippen LogP contribution in [0.1, 0.15) is 38.3 Å². The van der Waals surface area contributed by atoms with Crippen molar-refractivity contribution in [2.24, 2.45) is 7.05 Å². The summed E-state index contributed by atoms with van der Waals surface area (Å²) in [5.41, 5.74) is 0.752. The van der Waals surface area contributed by atoms with E-state index in [1.54, 1.807) is 24.1 Å². The summed E-state index contributed by atoms with van der Waals surface area (Å²) in [6.07, 6.45) is 5.31. The topological polar surface area (TPSA) is 58.4 Å². The summed E-state index contributed by atoms with van der Waals surface area (Å²) in [5, 5.41) is 13.4. The fraction of sp³-hybridized carbons (Fsp3) is 0.667. The maximum atomic E-state index is 11.4. The second-order valence-corrected chi connectivity index (χ2v) is 4.22. The molecule has 0 bridgehead atoms. The molecule has 96 valence electrons. The Kier molecular flexibility index (Phi) is 5.15. The molecule has 17 heavy (non-hydrogen) atoms. The van der Waals surface area contributed by atoms with Crippen molar-refractivity contribution in [3.8, 4) is 0 Å². The molecule has 1 heterocycles. The monoisotopic (exact) mass is 239 g/mol. The van der Waals surface area contributed by atoms with Gasteiger partial charge in [-0.3, -0.25) is 14.4 Å². The first-order valence-corrected chi connectivity index (χ1v) is 6.05. The highest BCUT2D eigenvalue weighted by Gasteiger charge is 2.27. The van der Waals surface area contributed by atoms with E-state index in [1.807, 2.05) is 4.90 Å². The number of aryl methyl sites for hydroxylation is 1. The summed E-state index contributed by atoms with van der Waals surface area (Å²) in [5.74, 6) is -0.806. The van der Waals surface area contributed by atoms with Gasteiger partial charge in [0.15, 0.2) is 0 Å². The van der Waals surface area contributed by atoms with Gasteiger partial charge in [-0.1, -0.05) is 13.8 Å². The van der Waals surface area contributed by atoms with Gasteiger partial charge >= 0.3 is 5.97 Å². The number of hydrogen-bond donors (Lipinski definition) is 1. The van der Waals surface area contributed by atoms with E-state index >= 15 is 0 Å². The van der Waals surface area contributed by atoms with Crippen LogP contribution < -0.4 is 0 Å². The van der Waals surface area contributed by atoms with Gasteiger partial charge in [-0.15, -0.1) is 0 Å². The number of hydrogen-bond acceptors (Lipinski definition) is 3. The molecule has 1 N–H and O–H groups in total. The highest BCUT2D eigenvalue weighted by molar-refractivity contribution is 5.75. The summed E-state index contributed by atoms with van der Waals surface area (Å²) in [7, 11) is 1.80. The Balaban J connectivity index is 2.93. The van der Waals surface area contributed by atoms with Gasteiger partial charge in [0.2, 0.25) is 0 Å². The molecule has 0 amide bonds. The summed E-state index contributed by atoms with van der Waals surface area (Å²) in [6, 6.07) is -0.580. The van der Waals surface area contributed by atoms with E-state index in [9.17, 15) is 9.90 Å². The van der Waals surface area contributed by atoms with E-state index in [1.165, 1.54) is 0 Å². The molecular formula is C12H21N3O2. The molecule has 0 aliphatic rings. The van der Waals surface area contributed by atoms with Crippen LogP contribution in [0.25, 0.3) is 0 Å². The smallest absolute Gasteiger partial charge is 0.325 e. The zero-order chi connectivity index (χ0) is 12.8. The lowest BCUT2D eigenvalue weighted by atomic mass is 10.1. The van der Waals surface area contributed by atoms with Crippen LogP contribution in [0.2, 0.25) is 0 Å². The number of rotatable bonds is 7. The van der Waals surface area contributed by atoms with Gasteiger partial charge in [-0.05, 0) is 25.9 Å². The molecule has 1 aromatic heterocycles. The van der Waals surface area contributed by atoms with Crippen LogP contribution in [0.4, 0.5) is 0 Å². The molecule has 1 unspecified atom stereocenters. The van der Waals surface area contributed by atoms with Gasteiger partial charge in [-0.2, -0.15) is 5.10 Å². The minimum atomic E-state index is -0.806. The highest BCUT2D eigenvalue weighted by Crippen LogP contribution is 2.21. The summed E-state index contributed by atoms with van der Waals surface area (Å²) in [4.78, 5) is 13.4. The van der Waals surface area contributed by atoms with Crippen LogP contribution in [0, 0.1) is 0 Å². The van der Waals surface area contributed by atoms with Gasteiger partial charge in [0.25, 0.3) is 0 Å². The second-order valence-electron chi connectivity index (χ2n) is 4.22. The molecule has 0 fully saturated rings. The van der Waals surface area contributed by atoms with E-state index < -0.39 is 12.0 Å². The normalized spacial score (nSPS) is 12.9. The predicted octanol–water partition coefficient (Wildman–Crippen LogP) is 1.67. The molecule has 1 rings (SSSR count). The van der Waals surface area contributed by atoms with Crippen LogP contribution in [-0.2, 0) is 11.8 Å². The van der Waals surface area contributed by atoms with Crippen molar-refractivity contribution in [1.29, 1.82) is 0 Å². The summed E-state index contributed by atoms with van der Waals surface area (Å²) >= 11 is 0. The van der Waals surface area contributed by atoms with Gasteiger partial charge in [0.1, 0.15) is 6.04 Å². The largest absolute Gasteiger partial charge is 0.480 e. The molecule has 0 spiro atoms. The van der Waals surface area contributed by atoms with Crippen LogP contribution in [0.5, 0.6) is 0 Å². The number of carboxylic acid groups (broad SMARTS) is 1. The third kappa shape index (κ3) is 3.56. The summed E-state index contributed by atoms with van der Waals surface area (Å²) < 4.78 is 1.64. The van der Waals surface area contributed by atoms with E-state index in [0.29, 0.717) is 0 Å². The third-order valence-corrected chi connectivity index (χ3v) is 2.66. The minimum Gasteiger partial charge on any atom is -0.480 e. The molecule has 0 aromatic carbocycles. The van der Waals surface area contributed by atoms with E-state index in [0.717, 1.165) is 31.5 Å². The molecule has 0 radical (unpaired) electrons. The van der Waals surface area contributed by atoms with Crippen molar-refractivity contribution in [3.63, 3.8) is 0 Å². The van der Waals surface area contributed by atoms with E-state index in [-0.39, 0.29) is 0 Å². The molecule has 0 aliphatic heterocycles. The molecule has 0 aliphatic carbocycles. The number of aromatic nitrogens is 2. The summed E-state index contributed by atoms with van der Waals surface area (Å²) in [6.45, 7) is 5.70. The second kappa shape index (κ2) is 6.39. The van der Waals surface area contributed by atoms with E-state index in [2.05, 4.69) is 18.9 Å². The Morgan fingerprint density at radius 1 is 1.47 bits per heavy atom. The zero-order valence-corrected chi connectivity index (χ0v) is 10.8. The Labute approximate surface area is 102 Å². The van der Waals surface area contributed by atoms with Crippen molar-refractivity contribution in [2.45, 2.75) is 32.7 Å². The van der Waals surface area contributed by atoms with Gasteiger partial charge < -0.3 is 5.11 Å². The van der Waals surface area contributed by atoms with Gasteiger partial charge in [0.05, 0.1) is 6.20 Å². The molecule has 0 saturated carbocycles. The number of carbonyl (C=O) groups is 1. The first kappa shape index (κ1) is 13.7. The van der Waals surface area contributed by atoms with Crippen molar-refractivity contribution in [1.82, 2.24) is 14.7 Å². The Morgan fingerprint density at radius 2 is 2.06 bits per heavy atom. The fourth-order valence-electron chi connectivity index (χ4n) is 2.04. The Hall–Kier alpha value is -1.36. The van der Waals surface area contributed by atoms with Crippen LogP contribution in [0.15, 0.2) is 12.4 Å². The lowest BCUT2D eigenvalue weighted by molar-refractivity contribution is -0.143. The third-order valence-electron chi connectivity index (χ3n) is 2.66. The molecule has 1 atom stereocenters. The van der Waals surface area contributed by atoms with Crippen molar-refractivity contribution >= 4 is 5.97 Å². The molecular weight excluding hydrogens is 218 g/mol. The average Bonchev–Trinajstić information content (AvgIpc) is 2.65. The number of nitrogens with zero attached hydrogens (tertiary/aromatic N) is 3. The van der Waals surface area contributed by atoms with Crippen molar-refractivity contribution in [3.05, 3.63) is 18.0 Å². The lowest BCUT2D eigenvalue weighted by Crippen LogP contribution is -2.35. The maximum absolute atomic E-state index is 11.4. The molecule has 5 heteroatoms. The molecule has 0 saturated heterocycles. The molecule has 5 nitrogen and oxygen atoms in total. The highest BCUT2D eigenvalue weighted by atomic mass is 16.4. The minimum absolute atomic E-state index is 0.580. The van der Waals surface area contributed by atoms with Crippen molar-refractivity contribution < 1.29 is 9.90 Å². The number of carboxylic acids is 1. The van der Waals surface area contributed by atoms with Crippen molar-refractivity contribution in [2.75, 3.05) is 13.1 Å². The first-order valence-electron chi connectivity index (χ1n) is 6.05. The molecule has 1 aromatic rings. The van der Waals surface area contributed by atoms with E-state index in [4.69, 9.17) is 0 Å². The Bertz CT molecular complexity index is 356. The fourth-order valence-corrected chi connectivity index (χ4v) is 2.04. The number of aliphatic carboxylic acids is 1. The maximum Gasteiger partial charge on any atom is 0.325 e. The Morgan fingerprint density at radius 3 is 2.41 bits per heavy atom. The van der Waals surface area contributed by atoms with Crippen LogP contribution >= 0.6 is 0 Å². The average molecular weight is 239 g/mol. The standard InChI is InChI=1S/C12H21N3O2/c1-4-6-15(7-5-2)11(12(16)17)10-8-13-14(3)9-10/h8-9,11H,4-7H2,1-3H3,(H,16,17). The predicted molar refractivity (Wildman–Crippen MR) is 65.7 cm³/mol. The van der Waals surface area contributed by atoms with Gasteiger partial charge in [0, 0.05) is 18.8 Å².